The van der Waals surface area contributed by atoms with Gasteiger partial charge in [0, 0.05) is 6.54 Å². The highest BCUT2D eigenvalue weighted by molar-refractivity contribution is 7.92. The van der Waals surface area contributed by atoms with E-state index in [2.05, 4.69) is 5.32 Å². The van der Waals surface area contributed by atoms with Crippen molar-refractivity contribution < 1.29 is 22.3 Å². The summed E-state index contributed by atoms with van der Waals surface area (Å²) < 4.78 is 45.8. The van der Waals surface area contributed by atoms with Crippen LogP contribution in [-0.4, -0.2) is 34.0 Å². The van der Waals surface area contributed by atoms with Crippen LogP contribution in [0.25, 0.3) is 0 Å². The van der Waals surface area contributed by atoms with Crippen molar-refractivity contribution in [2.24, 2.45) is 5.92 Å². The molecule has 0 heterocycles. The van der Waals surface area contributed by atoms with Crippen LogP contribution < -0.4 is 14.4 Å². The van der Waals surface area contributed by atoms with Gasteiger partial charge in [0.15, 0.2) is 0 Å². The minimum absolute atomic E-state index is 0.0977. The first kappa shape index (κ1) is 21.7. The van der Waals surface area contributed by atoms with Crippen LogP contribution in [0.5, 0.6) is 5.75 Å². The number of halogens is 1. The lowest BCUT2D eigenvalue weighted by molar-refractivity contribution is -0.119. The molecular formula is C20H25FN2O4S. The summed E-state index contributed by atoms with van der Waals surface area (Å²) >= 11 is 0. The van der Waals surface area contributed by atoms with Crippen LogP contribution in [0, 0.1) is 11.7 Å². The van der Waals surface area contributed by atoms with Gasteiger partial charge in [-0.1, -0.05) is 13.8 Å². The molecule has 0 bridgehead atoms. The van der Waals surface area contributed by atoms with Gasteiger partial charge in [0.05, 0.1) is 17.2 Å². The zero-order valence-electron chi connectivity index (χ0n) is 16.2. The average molecular weight is 408 g/mol. The van der Waals surface area contributed by atoms with Crippen LogP contribution in [-0.2, 0) is 14.8 Å². The molecule has 1 N–H and O–H groups in total. The molecule has 0 spiro atoms. The highest BCUT2D eigenvalue weighted by Crippen LogP contribution is 2.26. The third kappa shape index (κ3) is 5.69. The topological polar surface area (TPSA) is 75.7 Å². The molecule has 2 rings (SSSR count). The Hall–Kier alpha value is -2.61. The Morgan fingerprint density at radius 3 is 2.25 bits per heavy atom. The van der Waals surface area contributed by atoms with E-state index in [4.69, 9.17) is 4.74 Å². The van der Waals surface area contributed by atoms with E-state index < -0.39 is 21.7 Å². The van der Waals surface area contributed by atoms with Gasteiger partial charge in [-0.15, -0.1) is 0 Å². The summed E-state index contributed by atoms with van der Waals surface area (Å²) in [5.74, 6) is -0.138. The molecular weight excluding hydrogens is 383 g/mol. The lowest BCUT2D eigenvalue weighted by Gasteiger charge is -2.24. The van der Waals surface area contributed by atoms with E-state index >= 15 is 0 Å². The van der Waals surface area contributed by atoms with Crippen molar-refractivity contribution in [3.63, 3.8) is 0 Å². The summed E-state index contributed by atoms with van der Waals surface area (Å²) in [5.41, 5.74) is 0.312. The molecule has 0 aliphatic heterocycles. The first-order valence-electron chi connectivity index (χ1n) is 9.02. The number of hydrogen-bond donors (Lipinski definition) is 1. The monoisotopic (exact) mass is 408 g/mol. The molecule has 0 atom stereocenters. The summed E-state index contributed by atoms with van der Waals surface area (Å²) in [6, 6.07) is 10.9. The van der Waals surface area contributed by atoms with Crippen molar-refractivity contribution >= 4 is 21.6 Å². The third-order valence-electron chi connectivity index (χ3n) is 3.83. The molecule has 0 unspecified atom stereocenters. The second kappa shape index (κ2) is 9.54. The summed E-state index contributed by atoms with van der Waals surface area (Å²) in [4.78, 5) is 12.2. The normalized spacial score (nSPS) is 11.3. The van der Waals surface area contributed by atoms with E-state index in [0.717, 1.165) is 16.4 Å². The van der Waals surface area contributed by atoms with Crippen LogP contribution in [0.15, 0.2) is 53.4 Å². The molecule has 0 aromatic heterocycles. The predicted octanol–water partition coefficient (Wildman–Crippen LogP) is 3.19. The largest absolute Gasteiger partial charge is 0.494 e. The number of anilines is 1. The summed E-state index contributed by atoms with van der Waals surface area (Å²) in [7, 11) is -4.06. The second-order valence-corrected chi connectivity index (χ2v) is 8.45. The molecule has 152 valence electrons. The number of rotatable bonds is 9. The summed E-state index contributed by atoms with van der Waals surface area (Å²) in [6.45, 7) is 6.26. The minimum atomic E-state index is -4.06. The Labute approximate surface area is 165 Å². The summed E-state index contributed by atoms with van der Waals surface area (Å²) in [6.07, 6.45) is 0. The van der Waals surface area contributed by atoms with Gasteiger partial charge < -0.3 is 10.1 Å². The van der Waals surface area contributed by atoms with E-state index in [-0.39, 0.29) is 17.4 Å². The molecule has 2 aromatic carbocycles. The first-order chi connectivity index (χ1) is 13.2. The first-order valence-corrected chi connectivity index (χ1v) is 10.5. The molecule has 6 nitrogen and oxygen atoms in total. The maximum atomic E-state index is 13.2. The molecule has 8 heteroatoms. The molecule has 28 heavy (non-hydrogen) atoms. The fourth-order valence-corrected chi connectivity index (χ4v) is 3.85. The average Bonchev–Trinajstić information content (AvgIpc) is 2.66. The SMILES string of the molecule is CCOc1ccc(N(CC(=O)NCC(C)C)S(=O)(=O)c2ccc(F)cc2)cc1. The van der Waals surface area contributed by atoms with Crippen LogP contribution in [0.4, 0.5) is 10.1 Å². The Bertz CT molecular complexity index is 881. The number of benzene rings is 2. The maximum absolute atomic E-state index is 13.2. The molecule has 0 aliphatic rings. The van der Waals surface area contributed by atoms with Crippen molar-refractivity contribution in [3.8, 4) is 5.75 Å². The van der Waals surface area contributed by atoms with E-state index in [1.54, 1.807) is 24.3 Å². The minimum Gasteiger partial charge on any atom is -0.494 e. The van der Waals surface area contributed by atoms with Crippen molar-refractivity contribution in [1.82, 2.24) is 5.32 Å². The van der Waals surface area contributed by atoms with Crippen molar-refractivity contribution in [2.45, 2.75) is 25.7 Å². The van der Waals surface area contributed by atoms with Gasteiger partial charge in [0.1, 0.15) is 18.1 Å². The fraction of sp³-hybridized carbons (Fsp3) is 0.350. The standard InChI is InChI=1S/C20H25FN2O4S/c1-4-27-18-9-7-17(8-10-18)23(14-20(24)22-13-15(2)3)28(25,26)19-11-5-16(21)6-12-19/h5-12,15H,4,13-14H2,1-3H3,(H,22,24). The lowest BCUT2D eigenvalue weighted by Crippen LogP contribution is -2.41. The van der Waals surface area contributed by atoms with Crippen LogP contribution in [0.2, 0.25) is 0 Å². The van der Waals surface area contributed by atoms with Crippen molar-refractivity contribution in [3.05, 3.63) is 54.3 Å². The fourth-order valence-electron chi connectivity index (χ4n) is 2.43. The van der Waals surface area contributed by atoms with Gasteiger partial charge in [-0.05, 0) is 61.4 Å². The van der Waals surface area contributed by atoms with E-state index in [9.17, 15) is 17.6 Å². The van der Waals surface area contributed by atoms with E-state index in [1.807, 2.05) is 20.8 Å². The smallest absolute Gasteiger partial charge is 0.264 e. The maximum Gasteiger partial charge on any atom is 0.264 e. The molecule has 0 fully saturated rings. The third-order valence-corrected chi connectivity index (χ3v) is 5.62. The second-order valence-electron chi connectivity index (χ2n) is 6.59. The van der Waals surface area contributed by atoms with Crippen LogP contribution in [0.1, 0.15) is 20.8 Å². The number of amides is 1. The van der Waals surface area contributed by atoms with Gasteiger partial charge in [0.2, 0.25) is 5.91 Å². The number of carbonyl (C=O) groups is 1. The highest BCUT2D eigenvalue weighted by Gasteiger charge is 2.27. The zero-order valence-corrected chi connectivity index (χ0v) is 17.0. The quantitative estimate of drug-likeness (QED) is 0.691. The zero-order chi connectivity index (χ0) is 20.7. The van der Waals surface area contributed by atoms with E-state index in [1.165, 1.54) is 12.1 Å². The van der Waals surface area contributed by atoms with Crippen LogP contribution in [0.3, 0.4) is 0 Å². The molecule has 0 radical (unpaired) electrons. The Morgan fingerprint density at radius 1 is 1.11 bits per heavy atom. The molecule has 1 amide bonds. The van der Waals surface area contributed by atoms with Gasteiger partial charge in [-0.25, -0.2) is 12.8 Å². The van der Waals surface area contributed by atoms with Gasteiger partial charge in [-0.2, -0.15) is 0 Å². The Kier molecular flexibility index (Phi) is 7.39. The number of carbonyl (C=O) groups excluding carboxylic acids is 1. The lowest BCUT2D eigenvalue weighted by atomic mass is 10.2. The van der Waals surface area contributed by atoms with E-state index in [0.29, 0.717) is 24.6 Å². The van der Waals surface area contributed by atoms with Crippen molar-refractivity contribution in [1.29, 1.82) is 0 Å². The predicted molar refractivity (Wildman–Crippen MR) is 106 cm³/mol. The Morgan fingerprint density at radius 2 is 1.71 bits per heavy atom. The van der Waals surface area contributed by atoms with Crippen LogP contribution >= 0.6 is 0 Å². The van der Waals surface area contributed by atoms with Gasteiger partial charge in [0.25, 0.3) is 10.0 Å². The van der Waals surface area contributed by atoms with Gasteiger partial charge in [-0.3, -0.25) is 9.10 Å². The number of nitrogens with zero attached hydrogens (tertiary/aromatic N) is 1. The van der Waals surface area contributed by atoms with Gasteiger partial charge >= 0.3 is 0 Å². The highest BCUT2D eigenvalue weighted by atomic mass is 32.2. The number of ether oxygens (including phenoxy) is 1. The molecule has 0 saturated carbocycles. The molecule has 2 aromatic rings. The number of hydrogen-bond acceptors (Lipinski definition) is 4. The molecule has 0 aliphatic carbocycles. The Balaban J connectivity index is 2.37. The summed E-state index contributed by atoms with van der Waals surface area (Å²) in [5, 5.41) is 2.72. The number of nitrogens with one attached hydrogen (secondary N) is 1. The van der Waals surface area contributed by atoms with Crippen molar-refractivity contribution in [2.75, 3.05) is 24.0 Å². The molecule has 0 saturated heterocycles. The number of sulfonamides is 1.